The van der Waals surface area contributed by atoms with Gasteiger partial charge in [-0.3, -0.25) is 9.59 Å². The zero-order valence-corrected chi connectivity index (χ0v) is 22.6. The molecule has 0 bridgehead atoms. The molecule has 12 nitrogen and oxygen atoms in total. The number of aromatic amines is 1. The molecular weight excluding hydrogens is 492 g/mol. The maximum atomic E-state index is 13.2. The van der Waals surface area contributed by atoms with Crippen LogP contribution in [-0.4, -0.2) is 68.4 Å². The number of carbonyl (C=O) groups excluding carboxylic acids is 2. The average Bonchev–Trinajstić information content (AvgIpc) is 3.32. The lowest BCUT2D eigenvalue weighted by atomic mass is 10.1. The number of nitrogens with zero attached hydrogens (tertiary/aromatic N) is 4. The van der Waals surface area contributed by atoms with Crippen LogP contribution in [0.5, 0.6) is 11.6 Å². The van der Waals surface area contributed by atoms with Crippen LogP contribution in [0.3, 0.4) is 0 Å². The van der Waals surface area contributed by atoms with E-state index in [1.807, 2.05) is 20.8 Å². The summed E-state index contributed by atoms with van der Waals surface area (Å²) in [5, 5.41) is 7.09. The average molecular weight is 527 g/mol. The Balaban J connectivity index is 1.50. The van der Waals surface area contributed by atoms with Gasteiger partial charge in [-0.15, -0.1) is 0 Å². The molecular formula is C26H34N6O6. The molecule has 38 heavy (non-hydrogen) atoms. The van der Waals surface area contributed by atoms with Crippen molar-refractivity contribution in [2.24, 2.45) is 0 Å². The topological polar surface area (TPSA) is 140 Å². The minimum absolute atomic E-state index is 0.0392. The van der Waals surface area contributed by atoms with Crippen molar-refractivity contribution in [3.63, 3.8) is 0 Å². The number of aromatic nitrogens is 4. The van der Waals surface area contributed by atoms with Gasteiger partial charge in [-0.25, -0.2) is 9.78 Å². The van der Waals surface area contributed by atoms with Crippen LogP contribution in [0.4, 0.5) is 4.79 Å². The standard InChI is InChI=1S/C26H34N6O6/c1-15-13-19(36-6)18(22(33)29-15)14-27-23(34)21-16(2)24(32-20(30-21)7-10-28-32)37-17-8-11-31(12-9-17)25(35)38-26(3,4)5/h7,10,13,17H,8-9,11-12,14H2,1-6H3,(H,27,34)(H,29,33). The van der Waals surface area contributed by atoms with E-state index >= 15 is 0 Å². The number of pyridine rings is 1. The number of methoxy groups -OCH3 is 1. The van der Waals surface area contributed by atoms with Crippen molar-refractivity contribution in [2.75, 3.05) is 20.2 Å². The number of fused-ring (bicyclic) bond motifs is 1. The van der Waals surface area contributed by atoms with Crippen molar-refractivity contribution in [3.8, 4) is 11.6 Å². The first-order valence-corrected chi connectivity index (χ1v) is 12.5. The lowest BCUT2D eigenvalue weighted by Crippen LogP contribution is -2.44. The van der Waals surface area contributed by atoms with Crippen molar-refractivity contribution >= 4 is 17.6 Å². The molecule has 0 unspecified atom stereocenters. The van der Waals surface area contributed by atoms with E-state index in [1.54, 1.807) is 41.6 Å². The highest BCUT2D eigenvalue weighted by Crippen LogP contribution is 2.26. The van der Waals surface area contributed by atoms with Crippen LogP contribution in [0, 0.1) is 13.8 Å². The molecule has 3 aromatic rings. The van der Waals surface area contributed by atoms with E-state index < -0.39 is 11.5 Å². The van der Waals surface area contributed by atoms with E-state index in [2.05, 4.69) is 20.4 Å². The zero-order chi connectivity index (χ0) is 27.6. The fraction of sp³-hybridized carbons (Fsp3) is 0.500. The van der Waals surface area contributed by atoms with Gasteiger partial charge in [-0.1, -0.05) is 0 Å². The first-order chi connectivity index (χ1) is 18.0. The molecule has 2 N–H and O–H groups in total. The van der Waals surface area contributed by atoms with E-state index in [0.29, 0.717) is 60.0 Å². The Bertz CT molecular complexity index is 1400. The number of H-pyrrole nitrogens is 1. The fourth-order valence-corrected chi connectivity index (χ4v) is 4.28. The van der Waals surface area contributed by atoms with Gasteiger partial charge in [0.15, 0.2) is 5.65 Å². The minimum Gasteiger partial charge on any atom is -0.496 e. The molecule has 0 aromatic carbocycles. The summed E-state index contributed by atoms with van der Waals surface area (Å²) in [5.74, 6) is 0.341. The van der Waals surface area contributed by atoms with E-state index in [-0.39, 0.29) is 30.0 Å². The van der Waals surface area contributed by atoms with Crippen molar-refractivity contribution in [1.29, 1.82) is 0 Å². The summed E-state index contributed by atoms with van der Waals surface area (Å²) in [5.41, 5.74) is 1.21. The van der Waals surface area contributed by atoms with Gasteiger partial charge in [0.2, 0.25) is 5.88 Å². The zero-order valence-electron chi connectivity index (χ0n) is 22.6. The lowest BCUT2D eigenvalue weighted by Gasteiger charge is -2.33. The molecule has 0 aliphatic carbocycles. The Kier molecular flexibility index (Phi) is 7.61. The largest absolute Gasteiger partial charge is 0.496 e. The van der Waals surface area contributed by atoms with Crippen molar-refractivity contribution in [2.45, 2.75) is 65.7 Å². The van der Waals surface area contributed by atoms with Gasteiger partial charge in [0.25, 0.3) is 11.5 Å². The molecule has 0 spiro atoms. The SMILES string of the molecule is COc1cc(C)[nH]c(=O)c1CNC(=O)c1nc2ccnn2c(OC2CCN(C(=O)OC(C)(C)C)CC2)c1C. The maximum absolute atomic E-state index is 13.2. The van der Waals surface area contributed by atoms with Crippen LogP contribution < -0.4 is 20.3 Å². The van der Waals surface area contributed by atoms with Crippen LogP contribution in [-0.2, 0) is 11.3 Å². The highest BCUT2D eigenvalue weighted by atomic mass is 16.6. The molecule has 1 saturated heterocycles. The second-order valence-corrected chi connectivity index (χ2v) is 10.3. The summed E-state index contributed by atoms with van der Waals surface area (Å²) in [6, 6.07) is 3.38. The maximum Gasteiger partial charge on any atom is 0.410 e. The lowest BCUT2D eigenvalue weighted by molar-refractivity contribution is 0.0120. The van der Waals surface area contributed by atoms with E-state index in [1.165, 1.54) is 7.11 Å². The fourth-order valence-electron chi connectivity index (χ4n) is 4.28. The van der Waals surface area contributed by atoms with Crippen LogP contribution in [0.15, 0.2) is 23.1 Å². The molecule has 1 fully saturated rings. The quantitative estimate of drug-likeness (QED) is 0.500. The summed E-state index contributed by atoms with van der Waals surface area (Å²) in [6.07, 6.45) is 2.25. The molecule has 12 heteroatoms. The first-order valence-electron chi connectivity index (χ1n) is 12.5. The highest BCUT2D eigenvalue weighted by molar-refractivity contribution is 5.94. The van der Waals surface area contributed by atoms with Gasteiger partial charge in [0.05, 0.1) is 25.4 Å². The molecule has 0 saturated carbocycles. The van der Waals surface area contributed by atoms with Gasteiger partial charge in [0, 0.05) is 43.3 Å². The van der Waals surface area contributed by atoms with E-state index in [9.17, 15) is 14.4 Å². The van der Waals surface area contributed by atoms with Crippen molar-refractivity contribution in [1.82, 2.24) is 29.8 Å². The second kappa shape index (κ2) is 10.7. The molecule has 0 atom stereocenters. The second-order valence-electron chi connectivity index (χ2n) is 10.3. The number of rotatable bonds is 6. The molecule has 204 valence electrons. The van der Waals surface area contributed by atoms with Gasteiger partial charge in [-0.05, 0) is 40.7 Å². The number of amides is 2. The van der Waals surface area contributed by atoms with E-state index in [4.69, 9.17) is 14.2 Å². The minimum atomic E-state index is -0.556. The number of aryl methyl sites for hydroxylation is 1. The van der Waals surface area contributed by atoms with Crippen molar-refractivity contribution < 1.29 is 23.8 Å². The summed E-state index contributed by atoms with van der Waals surface area (Å²) in [6.45, 7) is 9.96. The monoisotopic (exact) mass is 526 g/mol. The van der Waals surface area contributed by atoms with Gasteiger partial charge in [-0.2, -0.15) is 9.61 Å². The number of hydrogen-bond acceptors (Lipinski definition) is 8. The Labute approximate surface area is 220 Å². The molecule has 1 aliphatic rings. The van der Waals surface area contributed by atoms with Crippen LogP contribution >= 0.6 is 0 Å². The Morgan fingerprint density at radius 3 is 2.58 bits per heavy atom. The summed E-state index contributed by atoms with van der Waals surface area (Å²) >= 11 is 0. The predicted octanol–water partition coefficient (Wildman–Crippen LogP) is 2.75. The number of carbonyl (C=O) groups is 2. The Morgan fingerprint density at radius 2 is 1.92 bits per heavy atom. The Hall–Kier alpha value is -4.09. The van der Waals surface area contributed by atoms with Crippen LogP contribution in [0.25, 0.3) is 5.65 Å². The predicted molar refractivity (Wildman–Crippen MR) is 139 cm³/mol. The number of hydrogen-bond donors (Lipinski definition) is 2. The number of nitrogens with one attached hydrogen (secondary N) is 2. The van der Waals surface area contributed by atoms with Gasteiger partial charge in [0.1, 0.15) is 23.1 Å². The molecule has 4 heterocycles. The first kappa shape index (κ1) is 27.0. The third-order valence-electron chi connectivity index (χ3n) is 6.18. The van der Waals surface area contributed by atoms with Gasteiger partial charge < -0.3 is 29.4 Å². The van der Waals surface area contributed by atoms with Crippen molar-refractivity contribution in [3.05, 3.63) is 51.2 Å². The Morgan fingerprint density at radius 1 is 1.21 bits per heavy atom. The smallest absolute Gasteiger partial charge is 0.410 e. The van der Waals surface area contributed by atoms with E-state index in [0.717, 1.165) is 0 Å². The van der Waals surface area contributed by atoms with Crippen LogP contribution in [0.1, 0.15) is 60.9 Å². The summed E-state index contributed by atoms with van der Waals surface area (Å²) in [4.78, 5) is 46.9. The highest BCUT2D eigenvalue weighted by Gasteiger charge is 2.29. The normalized spacial score (nSPS) is 14.4. The third kappa shape index (κ3) is 5.90. The molecule has 3 aromatic heterocycles. The molecule has 0 radical (unpaired) electrons. The summed E-state index contributed by atoms with van der Waals surface area (Å²) in [7, 11) is 1.47. The number of likely N-dealkylation sites (tertiary alicyclic amines) is 1. The molecule has 2 amide bonds. The number of ether oxygens (including phenoxy) is 3. The molecule has 4 rings (SSSR count). The molecule has 1 aliphatic heterocycles. The van der Waals surface area contributed by atoms with Crippen LogP contribution in [0.2, 0.25) is 0 Å². The summed E-state index contributed by atoms with van der Waals surface area (Å²) < 4.78 is 18.7. The number of piperidine rings is 1. The van der Waals surface area contributed by atoms with Gasteiger partial charge >= 0.3 is 6.09 Å². The third-order valence-corrected chi connectivity index (χ3v) is 6.18.